The van der Waals surface area contributed by atoms with Gasteiger partial charge in [0.1, 0.15) is 5.75 Å². The molecule has 2 aromatic carbocycles. The van der Waals surface area contributed by atoms with Crippen LogP contribution in [0.3, 0.4) is 0 Å². The van der Waals surface area contributed by atoms with Gasteiger partial charge in [0.05, 0.1) is 31.5 Å². The van der Waals surface area contributed by atoms with E-state index in [4.69, 9.17) is 9.47 Å². The summed E-state index contributed by atoms with van der Waals surface area (Å²) in [6.07, 6.45) is 5.86. The molecule has 3 unspecified atom stereocenters. The third-order valence-corrected chi connectivity index (χ3v) is 6.16. The van der Waals surface area contributed by atoms with Crippen molar-refractivity contribution in [1.82, 2.24) is 0 Å². The Balaban J connectivity index is 1.63. The summed E-state index contributed by atoms with van der Waals surface area (Å²) < 4.78 is 11.7. The highest BCUT2D eigenvalue weighted by Gasteiger charge is 2.30. The standard InChI is InChI=1S/C25H32O4/c1-2-28-22-9-7-17(8-10-22)11-19-13-20(12-18-5-3-4-6-24(18)19)25-15-21(27)14-23(16-26)29-25/h7-10,12-13,21,23,25-27H,2-6,11,14-16H2,1H3. The summed E-state index contributed by atoms with van der Waals surface area (Å²) in [6.45, 7) is 2.63. The number of hydrogen-bond acceptors (Lipinski definition) is 4. The molecule has 2 N–H and O–H groups in total. The molecule has 1 fully saturated rings. The molecule has 1 saturated heterocycles. The Morgan fingerprint density at radius 2 is 1.86 bits per heavy atom. The molecule has 4 nitrogen and oxygen atoms in total. The van der Waals surface area contributed by atoms with Crippen LogP contribution in [-0.4, -0.2) is 35.6 Å². The minimum Gasteiger partial charge on any atom is -0.494 e. The molecule has 2 aliphatic rings. The van der Waals surface area contributed by atoms with Crippen LogP contribution in [-0.2, 0) is 24.0 Å². The molecule has 29 heavy (non-hydrogen) atoms. The number of benzene rings is 2. The second-order valence-corrected chi connectivity index (χ2v) is 8.33. The number of ether oxygens (including phenoxy) is 2. The fraction of sp³-hybridized carbons (Fsp3) is 0.520. The molecule has 3 atom stereocenters. The average Bonchev–Trinajstić information content (AvgIpc) is 2.74. The van der Waals surface area contributed by atoms with Crippen LogP contribution >= 0.6 is 0 Å². The largest absolute Gasteiger partial charge is 0.494 e. The summed E-state index contributed by atoms with van der Waals surface area (Å²) in [6, 6.07) is 12.9. The van der Waals surface area contributed by atoms with Gasteiger partial charge in [0.2, 0.25) is 0 Å². The van der Waals surface area contributed by atoms with Crippen LogP contribution in [0.4, 0.5) is 0 Å². The minimum atomic E-state index is -0.420. The topological polar surface area (TPSA) is 58.9 Å². The Labute approximate surface area is 173 Å². The van der Waals surface area contributed by atoms with Crippen LogP contribution in [0.25, 0.3) is 0 Å². The van der Waals surface area contributed by atoms with Gasteiger partial charge in [-0.3, -0.25) is 0 Å². The first kappa shape index (κ1) is 20.4. The Hall–Kier alpha value is -1.88. The van der Waals surface area contributed by atoms with Crippen molar-refractivity contribution in [2.45, 2.75) is 70.2 Å². The van der Waals surface area contributed by atoms with Crippen molar-refractivity contribution in [2.75, 3.05) is 13.2 Å². The molecule has 0 saturated carbocycles. The van der Waals surface area contributed by atoms with Gasteiger partial charge in [0.15, 0.2) is 0 Å². The van der Waals surface area contributed by atoms with Crippen LogP contribution in [0.15, 0.2) is 36.4 Å². The quantitative estimate of drug-likeness (QED) is 0.771. The van der Waals surface area contributed by atoms with Crippen molar-refractivity contribution in [3.05, 3.63) is 64.2 Å². The fourth-order valence-corrected chi connectivity index (χ4v) is 4.74. The highest BCUT2D eigenvalue weighted by Crippen LogP contribution is 2.36. The molecule has 156 valence electrons. The van der Waals surface area contributed by atoms with Gasteiger partial charge < -0.3 is 19.7 Å². The highest BCUT2D eigenvalue weighted by atomic mass is 16.5. The number of rotatable bonds is 6. The zero-order chi connectivity index (χ0) is 20.2. The van der Waals surface area contributed by atoms with Crippen molar-refractivity contribution >= 4 is 0 Å². The maximum absolute atomic E-state index is 10.3. The van der Waals surface area contributed by atoms with Gasteiger partial charge in [-0.05, 0) is 79.0 Å². The van der Waals surface area contributed by atoms with E-state index in [0.717, 1.165) is 30.6 Å². The van der Waals surface area contributed by atoms with Gasteiger partial charge in [0, 0.05) is 12.8 Å². The second-order valence-electron chi connectivity index (χ2n) is 8.33. The van der Waals surface area contributed by atoms with E-state index in [1.165, 1.54) is 35.1 Å². The maximum atomic E-state index is 10.3. The number of fused-ring (bicyclic) bond motifs is 1. The minimum absolute atomic E-state index is 0.0441. The lowest BCUT2D eigenvalue weighted by Crippen LogP contribution is -2.33. The van der Waals surface area contributed by atoms with E-state index in [0.29, 0.717) is 19.4 Å². The molecule has 2 aromatic rings. The van der Waals surface area contributed by atoms with E-state index in [-0.39, 0.29) is 18.8 Å². The Kier molecular flexibility index (Phi) is 6.53. The van der Waals surface area contributed by atoms with E-state index >= 15 is 0 Å². The fourth-order valence-electron chi connectivity index (χ4n) is 4.74. The SMILES string of the molecule is CCOc1ccc(Cc2cc(C3CC(O)CC(CO)O3)cc3c2CCCC3)cc1. The molecule has 4 rings (SSSR count). The van der Waals surface area contributed by atoms with E-state index in [1.54, 1.807) is 0 Å². The molecule has 0 spiro atoms. The summed E-state index contributed by atoms with van der Waals surface area (Å²) in [4.78, 5) is 0. The first-order valence-corrected chi connectivity index (χ1v) is 11.0. The van der Waals surface area contributed by atoms with Crippen LogP contribution in [0.5, 0.6) is 5.75 Å². The van der Waals surface area contributed by atoms with E-state index in [2.05, 4.69) is 24.3 Å². The van der Waals surface area contributed by atoms with Crippen LogP contribution in [0.2, 0.25) is 0 Å². The van der Waals surface area contributed by atoms with E-state index in [1.807, 2.05) is 19.1 Å². The van der Waals surface area contributed by atoms with Gasteiger partial charge >= 0.3 is 0 Å². The Morgan fingerprint density at radius 1 is 1.07 bits per heavy atom. The number of aliphatic hydroxyl groups excluding tert-OH is 2. The van der Waals surface area contributed by atoms with Crippen LogP contribution in [0, 0.1) is 0 Å². The second kappa shape index (κ2) is 9.29. The first-order valence-electron chi connectivity index (χ1n) is 11.0. The monoisotopic (exact) mass is 396 g/mol. The maximum Gasteiger partial charge on any atom is 0.119 e. The molecule has 0 bridgehead atoms. The summed E-state index contributed by atoms with van der Waals surface area (Å²) in [5.41, 5.74) is 6.70. The van der Waals surface area contributed by atoms with Crippen molar-refractivity contribution in [1.29, 1.82) is 0 Å². The highest BCUT2D eigenvalue weighted by molar-refractivity contribution is 5.44. The summed E-state index contributed by atoms with van der Waals surface area (Å²) in [5.74, 6) is 0.909. The third-order valence-electron chi connectivity index (χ3n) is 6.16. The number of aryl methyl sites for hydroxylation is 1. The molecular weight excluding hydrogens is 364 g/mol. The molecule has 0 aromatic heterocycles. The summed E-state index contributed by atoms with van der Waals surface area (Å²) in [5, 5.41) is 19.8. The Bertz CT molecular complexity index is 814. The molecule has 1 heterocycles. The summed E-state index contributed by atoms with van der Waals surface area (Å²) >= 11 is 0. The van der Waals surface area contributed by atoms with Gasteiger partial charge in [-0.1, -0.05) is 24.3 Å². The zero-order valence-corrected chi connectivity index (χ0v) is 17.3. The molecule has 1 aliphatic carbocycles. The molecule has 1 aliphatic heterocycles. The smallest absolute Gasteiger partial charge is 0.119 e. The van der Waals surface area contributed by atoms with E-state index in [9.17, 15) is 10.2 Å². The lowest BCUT2D eigenvalue weighted by Gasteiger charge is -2.33. The van der Waals surface area contributed by atoms with Crippen LogP contribution in [0.1, 0.15) is 66.5 Å². The third kappa shape index (κ3) is 4.82. The van der Waals surface area contributed by atoms with Gasteiger partial charge in [-0.2, -0.15) is 0 Å². The van der Waals surface area contributed by atoms with Crippen molar-refractivity contribution in [2.24, 2.45) is 0 Å². The van der Waals surface area contributed by atoms with Gasteiger partial charge in [0.25, 0.3) is 0 Å². The van der Waals surface area contributed by atoms with Crippen molar-refractivity contribution in [3.8, 4) is 5.75 Å². The molecular formula is C25H32O4. The molecule has 0 radical (unpaired) electrons. The summed E-state index contributed by atoms with van der Waals surface area (Å²) in [7, 11) is 0. The number of aliphatic hydroxyl groups is 2. The molecule has 0 amide bonds. The predicted octanol–water partition coefficient (Wildman–Crippen LogP) is 4.13. The van der Waals surface area contributed by atoms with Crippen molar-refractivity contribution in [3.63, 3.8) is 0 Å². The van der Waals surface area contributed by atoms with Gasteiger partial charge in [-0.15, -0.1) is 0 Å². The first-order chi connectivity index (χ1) is 14.2. The molecule has 4 heteroatoms. The lowest BCUT2D eigenvalue weighted by atomic mass is 9.83. The number of hydrogen-bond donors (Lipinski definition) is 2. The normalized spacial score (nSPS) is 24.2. The van der Waals surface area contributed by atoms with Gasteiger partial charge in [-0.25, -0.2) is 0 Å². The van der Waals surface area contributed by atoms with E-state index < -0.39 is 6.10 Å². The average molecular weight is 397 g/mol. The van der Waals surface area contributed by atoms with Crippen molar-refractivity contribution < 1.29 is 19.7 Å². The van der Waals surface area contributed by atoms with Crippen LogP contribution < -0.4 is 4.74 Å². The Morgan fingerprint density at radius 3 is 2.62 bits per heavy atom. The predicted molar refractivity (Wildman–Crippen MR) is 113 cm³/mol. The lowest BCUT2D eigenvalue weighted by molar-refractivity contribution is -0.113. The zero-order valence-electron chi connectivity index (χ0n) is 17.3.